The van der Waals surface area contributed by atoms with Gasteiger partial charge in [-0.05, 0) is 31.0 Å². The summed E-state index contributed by atoms with van der Waals surface area (Å²) in [7, 11) is 0. The number of rotatable bonds is 2. The normalized spacial score (nSPS) is 19.5. The van der Waals surface area contributed by atoms with Gasteiger partial charge in [0.2, 0.25) is 0 Å². The second-order valence-electron chi connectivity index (χ2n) is 4.28. The molecule has 0 saturated carbocycles. The maximum absolute atomic E-state index is 8.68. The summed E-state index contributed by atoms with van der Waals surface area (Å²) >= 11 is 0. The Morgan fingerprint density at radius 3 is 3.00 bits per heavy atom. The van der Waals surface area contributed by atoms with Crippen LogP contribution in [0, 0.1) is 11.8 Å². The molecule has 1 atom stereocenters. The van der Waals surface area contributed by atoms with Gasteiger partial charge in [-0.15, -0.1) is 12.4 Å². The molecule has 1 aromatic rings. The molecule has 2 rings (SSSR count). The standard InChI is InChI=1S/C14H18N2O.ClH/c17-11-4-3-10-16-9-2-1-7-14(16)13-6-5-8-15-12-13;/h5-6,8,12,14,17H,1-2,7,9-11H2;1H. The summed E-state index contributed by atoms with van der Waals surface area (Å²) in [5.74, 6) is 5.73. The van der Waals surface area contributed by atoms with Crippen molar-refractivity contribution in [3.63, 3.8) is 0 Å². The first-order valence-corrected chi connectivity index (χ1v) is 6.12. The van der Waals surface area contributed by atoms with Crippen molar-refractivity contribution >= 4 is 12.4 Å². The molecular weight excluding hydrogens is 248 g/mol. The van der Waals surface area contributed by atoms with Gasteiger partial charge in [-0.25, -0.2) is 0 Å². The summed E-state index contributed by atoms with van der Waals surface area (Å²) in [6.45, 7) is 1.77. The molecule has 2 heterocycles. The number of aromatic nitrogens is 1. The van der Waals surface area contributed by atoms with Crippen LogP contribution in [0.4, 0.5) is 0 Å². The molecule has 4 heteroatoms. The number of pyridine rings is 1. The van der Waals surface area contributed by atoms with Crippen molar-refractivity contribution in [1.82, 2.24) is 9.88 Å². The molecule has 0 bridgehead atoms. The number of halogens is 1. The molecule has 1 aromatic heterocycles. The molecule has 0 radical (unpaired) electrons. The van der Waals surface area contributed by atoms with Crippen LogP contribution in [0.5, 0.6) is 0 Å². The second kappa shape index (κ2) is 8.10. The van der Waals surface area contributed by atoms with Gasteiger partial charge in [0.05, 0.1) is 6.54 Å². The Hall–Kier alpha value is -1.08. The quantitative estimate of drug-likeness (QED) is 0.832. The van der Waals surface area contributed by atoms with Gasteiger partial charge < -0.3 is 5.11 Å². The Labute approximate surface area is 115 Å². The van der Waals surface area contributed by atoms with E-state index in [1.54, 1.807) is 0 Å². The molecular formula is C14H19ClN2O. The highest BCUT2D eigenvalue weighted by atomic mass is 35.5. The van der Waals surface area contributed by atoms with Crippen LogP contribution in [-0.2, 0) is 0 Å². The summed E-state index contributed by atoms with van der Waals surface area (Å²) in [6, 6.07) is 4.56. The molecule has 1 fully saturated rings. The predicted octanol–water partition coefficient (Wildman–Crippen LogP) is 2.03. The number of piperidine rings is 1. The Morgan fingerprint density at radius 1 is 1.39 bits per heavy atom. The zero-order valence-electron chi connectivity index (χ0n) is 10.4. The second-order valence-corrected chi connectivity index (χ2v) is 4.28. The molecule has 18 heavy (non-hydrogen) atoms. The van der Waals surface area contributed by atoms with E-state index in [4.69, 9.17) is 5.11 Å². The topological polar surface area (TPSA) is 36.4 Å². The predicted molar refractivity (Wildman–Crippen MR) is 74.5 cm³/mol. The average Bonchev–Trinajstić information content (AvgIpc) is 2.41. The Bertz CT molecular complexity index is 399. The van der Waals surface area contributed by atoms with Crippen molar-refractivity contribution in [2.45, 2.75) is 25.3 Å². The first-order chi connectivity index (χ1) is 8.42. The van der Waals surface area contributed by atoms with Crippen molar-refractivity contribution in [3.05, 3.63) is 30.1 Å². The van der Waals surface area contributed by atoms with Gasteiger partial charge in [-0.2, -0.15) is 0 Å². The molecule has 1 aliphatic rings. The van der Waals surface area contributed by atoms with Crippen molar-refractivity contribution < 1.29 is 5.11 Å². The lowest BCUT2D eigenvalue weighted by atomic mass is 9.96. The van der Waals surface area contributed by atoms with Crippen LogP contribution in [0.1, 0.15) is 30.9 Å². The van der Waals surface area contributed by atoms with Gasteiger partial charge in [0.25, 0.3) is 0 Å². The van der Waals surface area contributed by atoms with E-state index in [1.165, 1.54) is 24.8 Å². The minimum Gasteiger partial charge on any atom is -0.384 e. The first-order valence-electron chi connectivity index (χ1n) is 6.12. The zero-order chi connectivity index (χ0) is 11.9. The molecule has 98 valence electrons. The van der Waals surface area contributed by atoms with Gasteiger partial charge >= 0.3 is 0 Å². The molecule has 1 aliphatic heterocycles. The molecule has 0 aromatic carbocycles. The summed E-state index contributed by atoms with van der Waals surface area (Å²) in [4.78, 5) is 6.57. The number of nitrogens with zero attached hydrogens (tertiary/aromatic N) is 2. The maximum atomic E-state index is 8.68. The van der Waals surface area contributed by atoms with Crippen LogP contribution in [0.2, 0.25) is 0 Å². The molecule has 0 amide bonds. The fourth-order valence-electron chi connectivity index (χ4n) is 2.34. The van der Waals surface area contributed by atoms with Crippen LogP contribution in [0.25, 0.3) is 0 Å². The Balaban J connectivity index is 0.00000162. The fraction of sp³-hybridized carbons (Fsp3) is 0.500. The molecule has 3 nitrogen and oxygen atoms in total. The third kappa shape index (κ3) is 3.99. The van der Waals surface area contributed by atoms with E-state index < -0.39 is 0 Å². The lowest BCUT2D eigenvalue weighted by Gasteiger charge is -2.34. The molecule has 1 N–H and O–H groups in total. The summed E-state index contributed by atoms with van der Waals surface area (Å²) in [5, 5.41) is 8.68. The average molecular weight is 267 g/mol. The van der Waals surface area contributed by atoms with Gasteiger partial charge in [-0.1, -0.05) is 24.3 Å². The third-order valence-electron chi connectivity index (χ3n) is 3.17. The van der Waals surface area contributed by atoms with E-state index >= 15 is 0 Å². The van der Waals surface area contributed by atoms with E-state index in [-0.39, 0.29) is 19.0 Å². The third-order valence-corrected chi connectivity index (χ3v) is 3.17. The van der Waals surface area contributed by atoms with E-state index in [0.717, 1.165) is 13.1 Å². The maximum Gasteiger partial charge on any atom is 0.104 e. The smallest absolute Gasteiger partial charge is 0.104 e. The van der Waals surface area contributed by atoms with Gasteiger partial charge in [-0.3, -0.25) is 9.88 Å². The van der Waals surface area contributed by atoms with Crippen LogP contribution >= 0.6 is 12.4 Å². The van der Waals surface area contributed by atoms with E-state index in [9.17, 15) is 0 Å². The highest BCUT2D eigenvalue weighted by Gasteiger charge is 2.22. The number of likely N-dealkylation sites (tertiary alicyclic amines) is 1. The van der Waals surface area contributed by atoms with E-state index in [0.29, 0.717) is 6.04 Å². The number of hydrogen-bond donors (Lipinski definition) is 1. The van der Waals surface area contributed by atoms with Crippen molar-refractivity contribution in [1.29, 1.82) is 0 Å². The summed E-state index contributed by atoms with van der Waals surface area (Å²) in [6.07, 6.45) is 7.43. The van der Waals surface area contributed by atoms with Crippen molar-refractivity contribution in [2.24, 2.45) is 0 Å². The minimum absolute atomic E-state index is 0. The van der Waals surface area contributed by atoms with Gasteiger partial charge in [0.1, 0.15) is 6.61 Å². The van der Waals surface area contributed by atoms with E-state index in [2.05, 4.69) is 27.8 Å². The number of hydrogen-bond acceptors (Lipinski definition) is 3. The molecule has 1 unspecified atom stereocenters. The van der Waals surface area contributed by atoms with Crippen LogP contribution in [0.3, 0.4) is 0 Å². The Kier molecular flexibility index (Phi) is 6.74. The minimum atomic E-state index is -0.0502. The Morgan fingerprint density at radius 2 is 2.28 bits per heavy atom. The van der Waals surface area contributed by atoms with Crippen molar-refractivity contribution in [3.8, 4) is 11.8 Å². The van der Waals surface area contributed by atoms with Crippen LogP contribution in [0.15, 0.2) is 24.5 Å². The number of aliphatic hydroxyl groups excluding tert-OH is 1. The molecule has 0 spiro atoms. The van der Waals surface area contributed by atoms with Crippen molar-refractivity contribution in [2.75, 3.05) is 19.7 Å². The lowest BCUT2D eigenvalue weighted by molar-refractivity contribution is 0.168. The lowest BCUT2D eigenvalue weighted by Crippen LogP contribution is -2.33. The monoisotopic (exact) mass is 266 g/mol. The highest BCUT2D eigenvalue weighted by molar-refractivity contribution is 5.85. The van der Waals surface area contributed by atoms with E-state index in [1.807, 2.05) is 18.5 Å². The van der Waals surface area contributed by atoms with Crippen LogP contribution in [-0.4, -0.2) is 34.7 Å². The highest BCUT2D eigenvalue weighted by Crippen LogP contribution is 2.29. The summed E-state index contributed by atoms with van der Waals surface area (Å²) in [5.41, 5.74) is 1.28. The molecule has 1 saturated heterocycles. The fourth-order valence-corrected chi connectivity index (χ4v) is 2.34. The van der Waals surface area contributed by atoms with Crippen LogP contribution < -0.4 is 0 Å². The first kappa shape index (κ1) is 15.0. The molecule has 0 aliphatic carbocycles. The number of aliphatic hydroxyl groups is 1. The van der Waals surface area contributed by atoms with Gasteiger partial charge in [0.15, 0.2) is 0 Å². The zero-order valence-corrected chi connectivity index (χ0v) is 11.2. The largest absolute Gasteiger partial charge is 0.384 e. The SMILES string of the molecule is Cl.OCC#CCN1CCCCC1c1cccnc1. The summed E-state index contributed by atoms with van der Waals surface area (Å²) < 4.78 is 0. The van der Waals surface area contributed by atoms with Gasteiger partial charge in [0, 0.05) is 18.4 Å².